The van der Waals surface area contributed by atoms with E-state index in [1.165, 1.54) is 37.3 Å². The zero-order valence-electron chi connectivity index (χ0n) is 19.6. The van der Waals surface area contributed by atoms with Crippen LogP contribution in [0.4, 0.5) is 17.1 Å². The van der Waals surface area contributed by atoms with Gasteiger partial charge in [0.2, 0.25) is 15.9 Å². The zero-order chi connectivity index (χ0) is 26.0. The Kier molecular flexibility index (Phi) is 7.78. The van der Waals surface area contributed by atoms with Gasteiger partial charge in [-0.25, -0.2) is 16.8 Å². The Morgan fingerprint density at radius 1 is 0.914 bits per heavy atom. The highest BCUT2D eigenvalue weighted by atomic mass is 35.5. The van der Waals surface area contributed by atoms with Crippen LogP contribution in [-0.4, -0.2) is 35.0 Å². The second kappa shape index (κ2) is 10.3. The molecule has 2 N–H and O–H groups in total. The predicted molar refractivity (Wildman–Crippen MR) is 140 cm³/mol. The molecule has 1 unspecified atom stereocenters. The quantitative estimate of drug-likeness (QED) is 0.439. The van der Waals surface area contributed by atoms with Gasteiger partial charge in [-0.2, -0.15) is 0 Å². The first-order valence-corrected chi connectivity index (χ1v) is 14.2. The average molecular weight is 536 g/mol. The van der Waals surface area contributed by atoms with E-state index in [-0.39, 0.29) is 4.90 Å². The van der Waals surface area contributed by atoms with Crippen molar-refractivity contribution in [3.63, 3.8) is 0 Å². The molecule has 0 aromatic heterocycles. The van der Waals surface area contributed by atoms with Crippen LogP contribution in [0.1, 0.15) is 18.1 Å². The van der Waals surface area contributed by atoms with E-state index in [4.69, 9.17) is 11.6 Å². The van der Waals surface area contributed by atoms with Crippen molar-refractivity contribution in [1.82, 2.24) is 0 Å². The van der Waals surface area contributed by atoms with Crippen molar-refractivity contribution in [3.8, 4) is 0 Å². The monoisotopic (exact) mass is 535 g/mol. The third-order valence-corrected chi connectivity index (χ3v) is 8.11. The molecule has 1 amide bonds. The molecule has 0 saturated heterocycles. The van der Waals surface area contributed by atoms with Gasteiger partial charge in [-0.3, -0.25) is 13.8 Å². The molecule has 3 aromatic rings. The molecule has 11 heteroatoms. The van der Waals surface area contributed by atoms with Gasteiger partial charge in [0, 0.05) is 10.7 Å². The second-order valence-electron chi connectivity index (χ2n) is 8.15. The fourth-order valence-corrected chi connectivity index (χ4v) is 5.84. The van der Waals surface area contributed by atoms with Crippen molar-refractivity contribution in [1.29, 1.82) is 0 Å². The number of benzene rings is 3. The van der Waals surface area contributed by atoms with Gasteiger partial charge in [0.05, 0.1) is 22.5 Å². The molecule has 186 valence electrons. The molecule has 0 bridgehead atoms. The number of rotatable bonds is 8. The third-order valence-electron chi connectivity index (χ3n) is 5.25. The van der Waals surface area contributed by atoms with Crippen LogP contribution in [0.3, 0.4) is 0 Å². The fraction of sp³-hybridized carbons (Fsp3) is 0.208. The Bertz CT molecular complexity index is 1440. The number of halogens is 1. The summed E-state index contributed by atoms with van der Waals surface area (Å²) in [5.41, 5.74) is 2.71. The number of sulfonamides is 2. The first kappa shape index (κ1) is 26.5. The molecular weight excluding hydrogens is 510 g/mol. The largest absolute Gasteiger partial charge is 0.324 e. The predicted octanol–water partition coefficient (Wildman–Crippen LogP) is 4.55. The highest BCUT2D eigenvalue weighted by molar-refractivity contribution is 7.92. The summed E-state index contributed by atoms with van der Waals surface area (Å²) in [5, 5.41) is 3.04. The lowest BCUT2D eigenvalue weighted by atomic mass is 10.2. The van der Waals surface area contributed by atoms with Gasteiger partial charge in [-0.15, -0.1) is 0 Å². The molecule has 0 fully saturated rings. The molecule has 8 nitrogen and oxygen atoms in total. The third kappa shape index (κ3) is 6.53. The molecule has 0 aliphatic heterocycles. The zero-order valence-corrected chi connectivity index (χ0v) is 22.0. The van der Waals surface area contributed by atoms with Gasteiger partial charge in [0.1, 0.15) is 6.04 Å². The van der Waals surface area contributed by atoms with Crippen molar-refractivity contribution < 1.29 is 21.6 Å². The number of nitrogens with one attached hydrogen (secondary N) is 2. The molecule has 3 aromatic carbocycles. The van der Waals surface area contributed by atoms with Crippen LogP contribution in [0.2, 0.25) is 5.02 Å². The SMILES string of the molecule is Cc1ccc(N(C(C)C(=O)Nc2ccc(S(=O)(=O)Nc3cc(Cl)ccc3C)cc2)S(C)(=O)=O)cc1. The first-order chi connectivity index (χ1) is 16.3. The van der Waals surface area contributed by atoms with E-state index < -0.39 is 32.0 Å². The topological polar surface area (TPSA) is 113 Å². The van der Waals surface area contributed by atoms with Crippen LogP contribution in [-0.2, 0) is 24.8 Å². The molecule has 3 rings (SSSR count). The van der Waals surface area contributed by atoms with E-state index in [0.29, 0.717) is 27.6 Å². The second-order valence-corrected chi connectivity index (χ2v) is 12.1. The Morgan fingerprint density at radius 3 is 2.09 bits per heavy atom. The van der Waals surface area contributed by atoms with Crippen LogP contribution in [0.5, 0.6) is 0 Å². The standard InChI is InChI=1S/C24H26ClN3O5S2/c1-16-5-11-21(12-6-16)28(34(4,30)31)18(3)24(29)26-20-9-13-22(14-10-20)35(32,33)27-23-15-19(25)8-7-17(23)2/h5-15,18,27H,1-4H3,(H,26,29). The van der Waals surface area contributed by atoms with E-state index in [9.17, 15) is 21.6 Å². The Hall–Kier alpha value is -3.08. The number of hydrogen-bond donors (Lipinski definition) is 2. The molecule has 0 spiro atoms. The summed E-state index contributed by atoms with van der Waals surface area (Å²) in [6.45, 7) is 5.11. The Labute approximate surface area is 211 Å². The molecule has 0 heterocycles. The van der Waals surface area contributed by atoms with Gasteiger partial charge >= 0.3 is 0 Å². The summed E-state index contributed by atoms with van der Waals surface area (Å²) in [6, 6.07) is 16.2. The maximum absolute atomic E-state index is 12.9. The summed E-state index contributed by atoms with van der Waals surface area (Å²) in [6.07, 6.45) is 1.03. The van der Waals surface area contributed by atoms with Crippen LogP contribution < -0.4 is 14.3 Å². The van der Waals surface area contributed by atoms with Crippen LogP contribution >= 0.6 is 11.6 Å². The number of carbonyl (C=O) groups excluding carboxylic acids is 1. The molecule has 1 atom stereocenters. The van der Waals surface area contributed by atoms with Crippen molar-refractivity contribution in [2.75, 3.05) is 20.6 Å². The maximum Gasteiger partial charge on any atom is 0.261 e. The number of anilines is 3. The Morgan fingerprint density at radius 2 is 1.51 bits per heavy atom. The van der Waals surface area contributed by atoms with Crippen molar-refractivity contribution in [2.45, 2.75) is 31.7 Å². The summed E-state index contributed by atoms with van der Waals surface area (Å²) >= 11 is 5.97. The van der Waals surface area contributed by atoms with Crippen molar-refractivity contribution in [3.05, 3.63) is 82.9 Å². The minimum atomic E-state index is -3.90. The molecule has 35 heavy (non-hydrogen) atoms. The number of aryl methyl sites for hydroxylation is 2. The van der Waals surface area contributed by atoms with Gasteiger partial charge in [-0.05, 0) is 74.9 Å². The van der Waals surface area contributed by atoms with E-state index in [2.05, 4.69) is 10.0 Å². The lowest BCUT2D eigenvalue weighted by Gasteiger charge is -2.28. The van der Waals surface area contributed by atoms with E-state index >= 15 is 0 Å². The normalized spacial score (nSPS) is 12.6. The minimum Gasteiger partial charge on any atom is -0.324 e. The van der Waals surface area contributed by atoms with E-state index in [0.717, 1.165) is 16.1 Å². The van der Waals surface area contributed by atoms with E-state index in [1.54, 1.807) is 43.3 Å². The van der Waals surface area contributed by atoms with Crippen LogP contribution in [0.25, 0.3) is 0 Å². The Balaban J connectivity index is 1.77. The fourth-order valence-electron chi connectivity index (χ4n) is 3.37. The van der Waals surface area contributed by atoms with Crippen molar-refractivity contribution in [2.24, 2.45) is 0 Å². The molecule has 0 saturated carbocycles. The molecule has 0 aliphatic rings. The number of amides is 1. The highest BCUT2D eigenvalue weighted by Gasteiger charge is 2.29. The minimum absolute atomic E-state index is 0.0136. The molecule has 0 radical (unpaired) electrons. The van der Waals surface area contributed by atoms with Gasteiger partial charge in [0.15, 0.2) is 0 Å². The van der Waals surface area contributed by atoms with Gasteiger partial charge in [-0.1, -0.05) is 35.4 Å². The van der Waals surface area contributed by atoms with Crippen molar-refractivity contribution >= 4 is 54.6 Å². The number of hydrogen-bond acceptors (Lipinski definition) is 5. The molecular formula is C24H26ClN3O5S2. The van der Waals surface area contributed by atoms with Crippen LogP contribution in [0.15, 0.2) is 71.6 Å². The summed E-state index contributed by atoms with van der Waals surface area (Å²) in [4.78, 5) is 12.9. The lowest BCUT2D eigenvalue weighted by Crippen LogP contribution is -2.45. The summed E-state index contributed by atoms with van der Waals surface area (Å²) in [7, 11) is -7.65. The average Bonchev–Trinajstić information content (AvgIpc) is 2.77. The highest BCUT2D eigenvalue weighted by Crippen LogP contribution is 2.25. The summed E-state index contributed by atoms with van der Waals surface area (Å²) < 4.78 is 53.9. The van der Waals surface area contributed by atoms with Crippen LogP contribution in [0, 0.1) is 13.8 Å². The first-order valence-electron chi connectivity index (χ1n) is 10.5. The maximum atomic E-state index is 12.9. The smallest absolute Gasteiger partial charge is 0.261 e. The van der Waals surface area contributed by atoms with Gasteiger partial charge < -0.3 is 5.32 Å². The molecule has 0 aliphatic carbocycles. The number of carbonyl (C=O) groups is 1. The van der Waals surface area contributed by atoms with Gasteiger partial charge in [0.25, 0.3) is 10.0 Å². The summed E-state index contributed by atoms with van der Waals surface area (Å²) in [5.74, 6) is -0.570. The number of nitrogens with zero attached hydrogens (tertiary/aromatic N) is 1. The van der Waals surface area contributed by atoms with E-state index in [1.807, 2.05) is 6.92 Å². The lowest BCUT2D eigenvalue weighted by molar-refractivity contribution is -0.116.